The first-order valence-corrected chi connectivity index (χ1v) is 12.4. The van der Waals surface area contributed by atoms with Gasteiger partial charge in [0, 0.05) is 12.1 Å². The molecule has 0 bridgehead atoms. The number of carbonyl (C=O) groups is 2. The molecule has 1 amide bonds. The number of nitrogens with one attached hydrogen (secondary N) is 2. The third kappa shape index (κ3) is 11.0. The van der Waals surface area contributed by atoms with Crippen LogP contribution in [0, 0.1) is 5.92 Å². The van der Waals surface area contributed by atoms with Crippen LogP contribution in [0.1, 0.15) is 90.0 Å². The molecule has 0 spiro atoms. The molecule has 0 unspecified atom stereocenters. The van der Waals surface area contributed by atoms with E-state index in [1.807, 2.05) is 44.2 Å². The van der Waals surface area contributed by atoms with Crippen molar-refractivity contribution in [2.24, 2.45) is 5.92 Å². The third-order valence-electron chi connectivity index (χ3n) is 6.19. The molecule has 0 saturated heterocycles. The Balaban J connectivity index is 0.000000242. The third-order valence-corrected chi connectivity index (χ3v) is 6.19. The van der Waals surface area contributed by atoms with E-state index in [9.17, 15) is 9.59 Å². The van der Waals surface area contributed by atoms with Gasteiger partial charge in [-0.15, -0.1) is 0 Å². The van der Waals surface area contributed by atoms with Gasteiger partial charge in [-0.2, -0.15) is 0 Å². The monoisotopic (exact) mass is 446 g/mol. The zero-order valence-corrected chi connectivity index (χ0v) is 19.9. The van der Waals surface area contributed by atoms with Crippen molar-refractivity contribution in [3.8, 4) is 0 Å². The predicted molar refractivity (Wildman–Crippen MR) is 128 cm³/mol. The quantitative estimate of drug-likeness (QED) is 0.480. The fourth-order valence-corrected chi connectivity index (χ4v) is 4.47. The lowest BCUT2D eigenvalue weighted by Crippen LogP contribution is -2.41. The maximum absolute atomic E-state index is 11.5. The maximum Gasteiger partial charge on any atom is 0.408 e. The topological polar surface area (TPSA) is 87.7 Å². The lowest BCUT2D eigenvalue weighted by molar-refractivity contribution is -0.139. The van der Waals surface area contributed by atoms with Crippen LogP contribution in [0.25, 0.3) is 0 Å². The van der Waals surface area contributed by atoms with Gasteiger partial charge < -0.3 is 20.5 Å². The Bertz CT molecular complexity index is 637. The number of ether oxygens (including phenoxy) is 1. The summed E-state index contributed by atoms with van der Waals surface area (Å²) in [5.41, 5.74) is 0.855. The molecule has 0 aliphatic heterocycles. The summed E-state index contributed by atoms with van der Waals surface area (Å²) in [7, 11) is 0. The molecular formula is C26H42N2O4. The van der Waals surface area contributed by atoms with Crippen molar-refractivity contribution in [3.05, 3.63) is 35.9 Å². The minimum Gasteiger partial charge on any atom is -0.480 e. The molecule has 2 aliphatic rings. The maximum atomic E-state index is 11.5. The summed E-state index contributed by atoms with van der Waals surface area (Å²) in [4.78, 5) is 22.5. The molecule has 1 aromatic carbocycles. The van der Waals surface area contributed by atoms with Crippen LogP contribution in [0.4, 0.5) is 4.79 Å². The second-order valence-electron chi connectivity index (χ2n) is 9.56. The predicted octanol–water partition coefficient (Wildman–Crippen LogP) is 5.65. The van der Waals surface area contributed by atoms with Crippen molar-refractivity contribution in [2.75, 3.05) is 0 Å². The number of carbonyl (C=O) groups excluding carboxylic acids is 1. The highest BCUT2D eigenvalue weighted by Gasteiger charge is 2.22. The molecule has 1 aromatic rings. The largest absolute Gasteiger partial charge is 0.480 e. The van der Waals surface area contributed by atoms with Crippen LogP contribution in [0.15, 0.2) is 30.3 Å². The van der Waals surface area contributed by atoms with Gasteiger partial charge in [0.25, 0.3) is 0 Å². The van der Waals surface area contributed by atoms with E-state index in [0.29, 0.717) is 6.42 Å². The normalized spacial score (nSPS) is 18.3. The first-order chi connectivity index (χ1) is 15.4. The van der Waals surface area contributed by atoms with Gasteiger partial charge in [-0.3, -0.25) is 0 Å². The summed E-state index contributed by atoms with van der Waals surface area (Å²) >= 11 is 0. The fourth-order valence-electron chi connectivity index (χ4n) is 4.47. The van der Waals surface area contributed by atoms with E-state index in [2.05, 4.69) is 10.6 Å². The van der Waals surface area contributed by atoms with Crippen molar-refractivity contribution in [2.45, 2.75) is 109 Å². The summed E-state index contributed by atoms with van der Waals surface area (Å²) in [6.45, 7) is 3.92. The van der Waals surface area contributed by atoms with E-state index >= 15 is 0 Å². The van der Waals surface area contributed by atoms with E-state index in [4.69, 9.17) is 9.84 Å². The summed E-state index contributed by atoms with van der Waals surface area (Å²) in [5, 5.41) is 15.2. The van der Waals surface area contributed by atoms with Gasteiger partial charge in [-0.05, 0) is 43.6 Å². The molecule has 2 aliphatic carbocycles. The van der Waals surface area contributed by atoms with Crippen LogP contribution >= 0.6 is 0 Å². The molecule has 0 radical (unpaired) electrons. The van der Waals surface area contributed by atoms with Crippen molar-refractivity contribution < 1.29 is 19.4 Å². The van der Waals surface area contributed by atoms with Crippen molar-refractivity contribution >= 4 is 12.1 Å². The Morgan fingerprint density at radius 2 is 1.47 bits per heavy atom. The lowest BCUT2D eigenvalue weighted by atomic mass is 9.91. The number of amides is 1. The summed E-state index contributed by atoms with van der Waals surface area (Å²) < 4.78 is 4.98. The standard InChI is InChI=1S/C14H19NO4.C12H23N/c1-10(2)8-12(13(16)17)15-14(18)19-9-11-6-4-3-5-7-11;1-3-7-11(8-4-1)13-12-9-5-2-6-10-12/h3-7,10,12H,8-9H2,1-2H3,(H,15,18)(H,16,17);11-13H,1-10H2/t12-;/m1./s1. The number of hydrogen-bond acceptors (Lipinski definition) is 4. The fraction of sp³-hybridized carbons (Fsp3) is 0.692. The van der Waals surface area contributed by atoms with Crippen molar-refractivity contribution in [3.63, 3.8) is 0 Å². The SMILES string of the molecule is C1CCC(NC2CCCCC2)CC1.CC(C)C[C@@H](NC(=O)OCc1ccccc1)C(=O)O. The summed E-state index contributed by atoms with van der Waals surface area (Å²) in [6, 6.07) is 10.0. The number of rotatable bonds is 8. The first kappa shape index (κ1) is 26.2. The number of aliphatic carboxylic acids is 1. The Morgan fingerprint density at radius 3 is 1.94 bits per heavy atom. The van der Waals surface area contributed by atoms with Gasteiger partial charge in [-0.25, -0.2) is 9.59 Å². The number of alkyl carbamates (subject to hydrolysis) is 1. The molecule has 6 heteroatoms. The molecule has 32 heavy (non-hydrogen) atoms. The van der Waals surface area contributed by atoms with Crippen LogP contribution < -0.4 is 10.6 Å². The average Bonchev–Trinajstić information content (AvgIpc) is 2.79. The Labute approximate surface area is 193 Å². The van der Waals surface area contributed by atoms with Gasteiger partial charge >= 0.3 is 12.1 Å². The highest BCUT2D eigenvalue weighted by molar-refractivity contribution is 5.79. The van der Waals surface area contributed by atoms with Crippen LogP contribution in [0.2, 0.25) is 0 Å². The van der Waals surface area contributed by atoms with Crippen molar-refractivity contribution in [1.82, 2.24) is 10.6 Å². The molecule has 6 nitrogen and oxygen atoms in total. The van der Waals surface area contributed by atoms with Crippen LogP contribution in [0.3, 0.4) is 0 Å². The van der Waals surface area contributed by atoms with Crippen LogP contribution in [-0.2, 0) is 16.1 Å². The van der Waals surface area contributed by atoms with Crippen molar-refractivity contribution in [1.29, 1.82) is 0 Å². The number of carboxylic acid groups (broad SMARTS) is 1. The zero-order chi connectivity index (χ0) is 23.2. The van der Waals surface area contributed by atoms with E-state index in [1.165, 1.54) is 64.2 Å². The number of benzene rings is 1. The second kappa shape index (κ2) is 14.9. The van der Waals surface area contributed by atoms with E-state index in [-0.39, 0.29) is 12.5 Å². The summed E-state index contributed by atoms with van der Waals surface area (Å²) in [5.74, 6) is -0.874. The van der Waals surface area contributed by atoms with Gasteiger partial charge in [0.15, 0.2) is 0 Å². The first-order valence-electron chi connectivity index (χ1n) is 12.4. The number of hydrogen-bond donors (Lipinski definition) is 3. The highest BCUT2D eigenvalue weighted by atomic mass is 16.5. The molecule has 3 rings (SSSR count). The van der Waals surface area contributed by atoms with Crippen LogP contribution in [-0.4, -0.2) is 35.3 Å². The van der Waals surface area contributed by atoms with E-state index < -0.39 is 18.1 Å². The van der Waals surface area contributed by atoms with E-state index in [1.54, 1.807) is 0 Å². The highest BCUT2D eigenvalue weighted by Crippen LogP contribution is 2.22. The van der Waals surface area contributed by atoms with Crippen LogP contribution in [0.5, 0.6) is 0 Å². The molecule has 2 saturated carbocycles. The Morgan fingerprint density at radius 1 is 0.938 bits per heavy atom. The molecule has 0 aromatic heterocycles. The van der Waals surface area contributed by atoms with Gasteiger partial charge in [0.1, 0.15) is 12.6 Å². The summed E-state index contributed by atoms with van der Waals surface area (Å²) in [6.07, 6.45) is 14.2. The Hall–Kier alpha value is -2.08. The molecular weight excluding hydrogens is 404 g/mol. The minimum absolute atomic E-state index is 0.126. The Kier molecular flexibility index (Phi) is 12.2. The smallest absolute Gasteiger partial charge is 0.408 e. The van der Waals surface area contributed by atoms with Gasteiger partial charge in [0.05, 0.1) is 0 Å². The molecule has 2 fully saturated rings. The zero-order valence-electron chi connectivity index (χ0n) is 19.9. The molecule has 0 heterocycles. The van der Waals surface area contributed by atoms with E-state index in [0.717, 1.165) is 17.6 Å². The average molecular weight is 447 g/mol. The second-order valence-corrected chi connectivity index (χ2v) is 9.56. The lowest BCUT2D eigenvalue weighted by Gasteiger charge is -2.30. The molecule has 180 valence electrons. The van der Waals surface area contributed by atoms with Gasteiger partial charge in [-0.1, -0.05) is 82.7 Å². The number of carboxylic acids is 1. The minimum atomic E-state index is -1.05. The molecule has 1 atom stereocenters. The van der Waals surface area contributed by atoms with Gasteiger partial charge in [0.2, 0.25) is 0 Å². The molecule has 3 N–H and O–H groups in total.